The molecule has 1 aromatic rings. The van der Waals surface area contributed by atoms with Crippen LogP contribution in [0.3, 0.4) is 0 Å². The Kier molecular flexibility index (Phi) is 6.02. The molecule has 0 spiro atoms. The van der Waals surface area contributed by atoms with Gasteiger partial charge in [-0.2, -0.15) is 0 Å². The van der Waals surface area contributed by atoms with Gasteiger partial charge in [-0.15, -0.1) is 0 Å². The third kappa shape index (κ3) is 4.56. The average molecular weight is 290 g/mol. The zero-order valence-electron chi connectivity index (χ0n) is 10.8. The second-order valence-electron chi connectivity index (χ2n) is 3.79. The minimum Gasteiger partial charge on any atom is -0.466 e. The Balaban J connectivity index is 2.49. The van der Waals surface area contributed by atoms with Crippen molar-refractivity contribution in [3.8, 4) is 0 Å². The summed E-state index contributed by atoms with van der Waals surface area (Å²) in [6.45, 7) is 1.07. The first-order chi connectivity index (χ1) is 9.45. The average Bonchev–Trinajstić information content (AvgIpc) is 2.41. The molecule has 0 saturated heterocycles. The Morgan fingerprint density at radius 2 is 1.55 bits per heavy atom. The van der Waals surface area contributed by atoms with Crippen LogP contribution >= 0.6 is 0 Å². The molecule has 0 heterocycles. The Morgan fingerprint density at radius 1 is 1.00 bits per heavy atom. The first kappa shape index (κ1) is 16.0. The van der Waals surface area contributed by atoms with Gasteiger partial charge in [-0.25, -0.2) is 13.2 Å². The van der Waals surface area contributed by atoms with Gasteiger partial charge in [0, 0.05) is 0 Å². The topological polar surface area (TPSA) is 52.6 Å². The lowest BCUT2D eigenvalue weighted by atomic mass is 10.2. The second-order valence-corrected chi connectivity index (χ2v) is 3.79. The van der Waals surface area contributed by atoms with E-state index in [0.29, 0.717) is 6.07 Å². The van der Waals surface area contributed by atoms with E-state index in [2.05, 4.69) is 9.47 Å². The number of hydrogen-bond donors (Lipinski definition) is 0. The van der Waals surface area contributed by atoms with Crippen molar-refractivity contribution in [1.82, 2.24) is 0 Å². The molecule has 0 aliphatic heterocycles. The van der Waals surface area contributed by atoms with Crippen LogP contribution in [0.2, 0.25) is 0 Å². The number of ether oxygens (including phenoxy) is 2. The maximum absolute atomic E-state index is 13.2. The minimum absolute atomic E-state index is 0.188. The molecule has 0 N–H and O–H groups in total. The Morgan fingerprint density at radius 3 is 2.15 bits per heavy atom. The van der Waals surface area contributed by atoms with Crippen molar-refractivity contribution >= 4 is 11.9 Å². The molecule has 110 valence electrons. The summed E-state index contributed by atoms with van der Waals surface area (Å²) in [7, 11) is 0. The van der Waals surface area contributed by atoms with Gasteiger partial charge in [-0.1, -0.05) is 0 Å². The highest BCUT2D eigenvalue weighted by Crippen LogP contribution is 2.17. The molecule has 0 saturated carbocycles. The van der Waals surface area contributed by atoms with Gasteiger partial charge in [0.15, 0.2) is 11.6 Å². The number of halogens is 3. The molecule has 0 aromatic heterocycles. The van der Waals surface area contributed by atoms with Gasteiger partial charge in [0.05, 0.1) is 25.0 Å². The van der Waals surface area contributed by atoms with E-state index in [-0.39, 0.29) is 19.4 Å². The fourth-order valence-corrected chi connectivity index (χ4v) is 1.36. The molecule has 1 aromatic carbocycles. The molecule has 0 aliphatic carbocycles. The molecule has 0 unspecified atom stereocenters. The summed E-state index contributed by atoms with van der Waals surface area (Å²) < 4.78 is 48.5. The summed E-state index contributed by atoms with van der Waals surface area (Å²) in [6.07, 6.45) is -0.474. The molecule has 0 bridgehead atoms. The van der Waals surface area contributed by atoms with Crippen molar-refractivity contribution in [2.45, 2.75) is 26.4 Å². The zero-order chi connectivity index (χ0) is 15.1. The molecule has 4 nitrogen and oxygen atoms in total. The number of carbonyl (C=O) groups is 2. The van der Waals surface area contributed by atoms with E-state index in [9.17, 15) is 22.8 Å². The number of hydrogen-bond acceptors (Lipinski definition) is 4. The first-order valence-electron chi connectivity index (χ1n) is 5.89. The molecule has 20 heavy (non-hydrogen) atoms. The smallest absolute Gasteiger partial charge is 0.306 e. The van der Waals surface area contributed by atoms with Crippen LogP contribution in [0.15, 0.2) is 12.1 Å². The van der Waals surface area contributed by atoms with Crippen molar-refractivity contribution in [3.63, 3.8) is 0 Å². The predicted octanol–water partition coefficient (Wildman–Crippen LogP) is 2.49. The summed E-state index contributed by atoms with van der Waals surface area (Å²) >= 11 is 0. The number of esters is 2. The van der Waals surface area contributed by atoms with Crippen LogP contribution in [-0.2, 0) is 25.7 Å². The number of benzene rings is 1. The van der Waals surface area contributed by atoms with Crippen LogP contribution in [0.25, 0.3) is 0 Å². The van der Waals surface area contributed by atoms with Crippen molar-refractivity contribution in [1.29, 1.82) is 0 Å². The van der Waals surface area contributed by atoms with Gasteiger partial charge in [0.1, 0.15) is 12.4 Å². The van der Waals surface area contributed by atoms with Crippen molar-refractivity contribution in [2.75, 3.05) is 6.61 Å². The Labute approximate surface area is 113 Å². The van der Waals surface area contributed by atoms with Crippen molar-refractivity contribution < 1.29 is 32.2 Å². The number of rotatable bonds is 6. The quantitative estimate of drug-likeness (QED) is 0.596. The molecule has 0 radical (unpaired) electrons. The molecule has 0 aliphatic rings. The Bertz CT molecular complexity index is 503. The Hall–Kier alpha value is -2.05. The summed E-state index contributed by atoms with van der Waals surface area (Å²) in [5, 5.41) is 0. The lowest BCUT2D eigenvalue weighted by Gasteiger charge is -2.07. The monoisotopic (exact) mass is 290 g/mol. The molecule has 0 amide bonds. The standard InChI is InChI=1S/C13H13F3O4/c1-2-19-11(17)5-6-12(18)20-7-8-9(14)3-4-10(15)13(8)16/h3-4H,2,5-7H2,1H3. The highest BCUT2D eigenvalue weighted by Gasteiger charge is 2.16. The summed E-state index contributed by atoms with van der Waals surface area (Å²) in [4.78, 5) is 22.2. The van der Waals surface area contributed by atoms with Crippen LogP contribution in [-0.4, -0.2) is 18.5 Å². The third-order valence-electron chi connectivity index (χ3n) is 2.35. The van der Waals surface area contributed by atoms with E-state index in [1.807, 2.05) is 0 Å². The van der Waals surface area contributed by atoms with Crippen LogP contribution in [0.5, 0.6) is 0 Å². The molecule has 0 fully saturated rings. The van der Waals surface area contributed by atoms with Crippen molar-refractivity contribution in [3.05, 3.63) is 35.1 Å². The van der Waals surface area contributed by atoms with E-state index in [1.54, 1.807) is 6.92 Å². The minimum atomic E-state index is -1.40. The zero-order valence-corrected chi connectivity index (χ0v) is 10.8. The van der Waals surface area contributed by atoms with Crippen LogP contribution < -0.4 is 0 Å². The van der Waals surface area contributed by atoms with Crippen LogP contribution in [0.4, 0.5) is 13.2 Å². The normalized spacial score (nSPS) is 10.2. The summed E-state index contributed by atoms with van der Waals surface area (Å²) in [5.41, 5.74) is -0.672. The van der Waals surface area contributed by atoms with Gasteiger partial charge >= 0.3 is 11.9 Å². The van der Waals surface area contributed by atoms with Crippen LogP contribution in [0.1, 0.15) is 25.3 Å². The molecular weight excluding hydrogens is 277 g/mol. The second kappa shape index (κ2) is 7.52. The van der Waals surface area contributed by atoms with Gasteiger partial charge in [-0.3, -0.25) is 9.59 Å². The van der Waals surface area contributed by atoms with E-state index >= 15 is 0 Å². The maximum atomic E-state index is 13.2. The van der Waals surface area contributed by atoms with Gasteiger partial charge in [0.2, 0.25) is 0 Å². The van der Waals surface area contributed by atoms with E-state index < -0.39 is 41.6 Å². The van der Waals surface area contributed by atoms with E-state index in [4.69, 9.17) is 0 Å². The van der Waals surface area contributed by atoms with Gasteiger partial charge < -0.3 is 9.47 Å². The molecule has 1 rings (SSSR count). The SMILES string of the molecule is CCOC(=O)CCC(=O)OCc1c(F)ccc(F)c1F. The number of carbonyl (C=O) groups excluding carboxylic acids is 2. The molecule has 7 heteroatoms. The lowest BCUT2D eigenvalue weighted by Crippen LogP contribution is -2.11. The largest absolute Gasteiger partial charge is 0.466 e. The summed E-state index contributed by atoms with van der Waals surface area (Å²) in [6, 6.07) is 1.37. The molecule has 0 atom stereocenters. The predicted molar refractivity (Wildman–Crippen MR) is 62.0 cm³/mol. The van der Waals surface area contributed by atoms with E-state index in [0.717, 1.165) is 6.07 Å². The fraction of sp³-hybridized carbons (Fsp3) is 0.385. The third-order valence-corrected chi connectivity index (χ3v) is 2.35. The fourth-order valence-electron chi connectivity index (χ4n) is 1.36. The van der Waals surface area contributed by atoms with Crippen LogP contribution in [0, 0.1) is 17.5 Å². The molecular formula is C13H13F3O4. The highest BCUT2D eigenvalue weighted by molar-refractivity contribution is 5.77. The van der Waals surface area contributed by atoms with Gasteiger partial charge in [-0.05, 0) is 19.1 Å². The lowest BCUT2D eigenvalue weighted by molar-refractivity contribution is -0.150. The first-order valence-corrected chi connectivity index (χ1v) is 5.89. The highest BCUT2D eigenvalue weighted by atomic mass is 19.2. The maximum Gasteiger partial charge on any atom is 0.306 e. The van der Waals surface area contributed by atoms with E-state index in [1.165, 1.54) is 0 Å². The van der Waals surface area contributed by atoms with Crippen molar-refractivity contribution in [2.24, 2.45) is 0 Å². The van der Waals surface area contributed by atoms with Gasteiger partial charge in [0.25, 0.3) is 0 Å². The summed E-state index contributed by atoms with van der Waals surface area (Å²) in [5.74, 6) is -5.05.